The highest BCUT2D eigenvalue weighted by Gasteiger charge is 2.31. The van der Waals surface area contributed by atoms with Crippen molar-refractivity contribution in [3.63, 3.8) is 0 Å². The zero-order valence-electron chi connectivity index (χ0n) is 19.1. The number of nitrogen functional groups attached to an aromatic ring is 1. The number of hydrogen-bond acceptors (Lipinski definition) is 7. The van der Waals surface area contributed by atoms with E-state index in [4.69, 9.17) is 28.9 Å². The highest BCUT2D eigenvalue weighted by molar-refractivity contribution is 6.38. The van der Waals surface area contributed by atoms with Crippen molar-refractivity contribution < 1.29 is 23.1 Å². The van der Waals surface area contributed by atoms with E-state index in [1.54, 1.807) is 24.3 Å². The van der Waals surface area contributed by atoms with Crippen molar-refractivity contribution in [1.82, 2.24) is 15.0 Å². The maximum Gasteiger partial charge on any atom is 0.275 e. The highest BCUT2D eigenvalue weighted by atomic mass is 35.5. The van der Waals surface area contributed by atoms with Gasteiger partial charge in [-0.05, 0) is 30.3 Å². The van der Waals surface area contributed by atoms with Crippen molar-refractivity contribution >= 4 is 57.2 Å². The number of aromatic nitrogens is 2. The predicted molar refractivity (Wildman–Crippen MR) is 137 cm³/mol. The molecular weight excluding hydrogens is 548 g/mol. The molecule has 1 saturated heterocycles. The molecule has 0 saturated carbocycles. The first-order valence-corrected chi connectivity index (χ1v) is 11.7. The molecule has 5 rings (SSSR count). The molecule has 4 aromatic rings. The third kappa shape index (κ3) is 4.46. The molecule has 2 aromatic heterocycles. The van der Waals surface area contributed by atoms with E-state index in [9.17, 15) is 23.5 Å². The fraction of sp³-hybridized carbons (Fsp3) is 0.125. The van der Waals surface area contributed by atoms with Gasteiger partial charge in [0.2, 0.25) is 5.43 Å². The molecule has 1 aliphatic heterocycles. The number of hydrogen-bond donors (Lipinski definition) is 4. The van der Waals surface area contributed by atoms with Gasteiger partial charge in [-0.15, -0.1) is 0 Å². The lowest BCUT2D eigenvalue weighted by Gasteiger charge is -2.38. The van der Waals surface area contributed by atoms with E-state index in [0.29, 0.717) is 16.8 Å². The van der Waals surface area contributed by atoms with Gasteiger partial charge in [0.15, 0.2) is 23.3 Å². The van der Waals surface area contributed by atoms with Crippen LogP contribution in [0.4, 0.5) is 30.4 Å². The summed E-state index contributed by atoms with van der Waals surface area (Å²) >= 11 is 12.4. The molecule has 0 atom stereocenters. The molecule has 0 radical (unpaired) electrons. The Morgan fingerprint density at radius 2 is 1.76 bits per heavy atom. The van der Waals surface area contributed by atoms with E-state index in [1.165, 1.54) is 4.90 Å². The molecule has 14 heteroatoms. The van der Waals surface area contributed by atoms with Crippen LogP contribution in [0.1, 0.15) is 10.4 Å². The summed E-state index contributed by atoms with van der Waals surface area (Å²) < 4.78 is 44.9. The van der Waals surface area contributed by atoms with E-state index in [0.717, 1.165) is 16.8 Å². The summed E-state index contributed by atoms with van der Waals surface area (Å²) in [7, 11) is 0. The molecule has 9 nitrogen and oxygen atoms in total. The number of nitrogens with one attached hydrogen (secondary N) is 2. The molecule has 0 spiro atoms. The molecule has 1 aliphatic rings. The monoisotopic (exact) mass is 564 g/mol. The van der Waals surface area contributed by atoms with Crippen LogP contribution < -0.4 is 26.9 Å². The van der Waals surface area contributed by atoms with E-state index in [1.807, 2.05) is 0 Å². The Bertz CT molecular complexity index is 1660. The first-order valence-electron chi connectivity index (χ1n) is 11.0. The SMILES string of the molecule is Nc1nc(-n2cc(C(=O)NNc3ccc(Cl)cc3)c(=O)c3cc(F)c(N4CC(O)C4)c(Cl)c32)c(F)cc1F. The van der Waals surface area contributed by atoms with Crippen LogP contribution in [0.3, 0.4) is 0 Å². The van der Waals surface area contributed by atoms with Crippen molar-refractivity contribution in [1.29, 1.82) is 0 Å². The summed E-state index contributed by atoms with van der Waals surface area (Å²) in [6, 6.07) is 7.58. The van der Waals surface area contributed by atoms with E-state index in [-0.39, 0.29) is 34.7 Å². The van der Waals surface area contributed by atoms with Crippen LogP contribution in [0.5, 0.6) is 0 Å². The lowest BCUT2D eigenvalue weighted by molar-refractivity contribution is 0.0961. The van der Waals surface area contributed by atoms with Gasteiger partial charge in [-0.25, -0.2) is 18.2 Å². The standard InChI is InChI=1S/C24H17Cl2F3N6O3/c25-10-1-3-11(4-2-10)32-33-24(38)14-9-35(23-17(29)6-16(28)22(30)31-23)19-13(21(14)37)5-15(27)20(18(19)26)34-7-12(36)8-34/h1-6,9,12,32,36H,7-8H2,(H2,30,31)(H,33,38). The Morgan fingerprint density at radius 1 is 1.08 bits per heavy atom. The molecule has 2 aromatic carbocycles. The molecule has 1 fully saturated rings. The normalized spacial score (nSPS) is 13.5. The minimum Gasteiger partial charge on any atom is -0.389 e. The van der Waals surface area contributed by atoms with Crippen LogP contribution in [0.2, 0.25) is 10.0 Å². The van der Waals surface area contributed by atoms with Crippen molar-refractivity contribution in [3.05, 3.63) is 85.9 Å². The number of anilines is 3. The van der Waals surface area contributed by atoms with Crippen LogP contribution in [0, 0.1) is 17.5 Å². The first kappa shape index (κ1) is 25.6. The zero-order chi connectivity index (χ0) is 27.3. The van der Waals surface area contributed by atoms with Crippen LogP contribution in [-0.2, 0) is 0 Å². The third-order valence-corrected chi connectivity index (χ3v) is 6.52. The summed E-state index contributed by atoms with van der Waals surface area (Å²) in [5.41, 5.74) is 9.11. The number of carbonyl (C=O) groups is 1. The number of carbonyl (C=O) groups excluding carboxylic acids is 1. The smallest absolute Gasteiger partial charge is 0.275 e. The predicted octanol–water partition coefficient (Wildman–Crippen LogP) is 3.63. The van der Waals surface area contributed by atoms with Gasteiger partial charge in [-0.3, -0.25) is 25.0 Å². The number of halogens is 5. The third-order valence-electron chi connectivity index (χ3n) is 5.91. The van der Waals surface area contributed by atoms with Crippen LogP contribution >= 0.6 is 23.2 Å². The molecule has 0 unspecified atom stereocenters. The molecule has 38 heavy (non-hydrogen) atoms. The van der Waals surface area contributed by atoms with Gasteiger partial charge in [-0.1, -0.05) is 23.2 Å². The molecule has 0 aliphatic carbocycles. The van der Waals surface area contributed by atoms with Gasteiger partial charge >= 0.3 is 0 Å². The minimum absolute atomic E-state index is 0.0688. The number of pyridine rings is 2. The number of nitrogens with two attached hydrogens (primary N) is 1. The van der Waals surface area contributed by atoms with Gasteiger partial charge < -0.3 is 15.7 Å². The largest absolute Gasteiger partial charge is 0.389 e. The summed E-state index contributed by atoms with van der Waals surface area (Å²) in [6.07, 6.45) is 0.240. The molecule has 1 amide bonds. The summed E-state index contributed by atoms with van der Waals surface area (Å²) in [5, 5.41) is 9.44. The zero-order valence-corrected chi connectivity index (χ0v) is 20.6. The fourth-order valence-corrected chi connectivity index (χ4v) is 4.56. The number of fused-ring (bicyclic) bond motifs is 1. The number of aliphatic hydroxyl groups is 1. The molecule has 0 bridgehead atoms. The molecule has 3 heterocycles. The summed E-state index contributed by atoms with van der Waals surface area (Å²) in [6.45, 7) is 0.138. The van der Waals surface area contributed by atoms with Gasteiger partial charge in [0.05, 0.1) is 33.4 Å². The second-order valence-corrected chi connectivity index (χ2v) is 9.28. The molecule has 196 valence electrons. The highest BCUT2D eigenvalue weighted by Crippen LogP contribution is 2.38. The van der Waals surface area contributed by atoms with Crippen molar-refractivity contribution in [3.8, 4) is 5.82 Å². The van der Waals surface area contributed by atoms with E-state index >= 15 is 4.39 Å². The number of nitrogens with zero attached hydrogens (tertiary/aromatic N) is 3. The fourth-order valence-electron chi connectivity index (χ4n) is 4.03. The lowest BCUT2D eigenvalue weighted by atomic mass is 10.1. The Balaban J connectivity index is 1.70. The van der Waals surface area contributed by atoms with Gasteiger partial charge in [0.1, 0.15) is 11.4 Å². The van der Waals surface area contributed by atoms with Crippen LogP contribution in [0.15, 0.2) is 47.4 Å². The Morgan fingerprint density at radius 3 is 2.42 bits per heavy atom. The average molecular weight is 565 g/mol. The number of benzene rings is 2. The lowest BCUT2D eigenvalue weighted by Crippen LogP contribution is -2.51. The second-order valence-electron chi connectivity index (χ2n) is 8.46. The van der Waals surface area contributed by atoms with Crippen molar-refractivity contribution in [2.24, 2.45) is 0 Å². The van der Waals surface area contributed by atoms with Crippen LogP contribution in [0.25, 0.3) is 16.7 Å². The number of aliphatic hydroxyl groups excluding tert-OH is 1. The summed E-state index contributed by atoms with van der Waals surface area (Å²) in [5.74, 6) is -5.42. The second kappa shape index (κ2) is 9.71. The molecular formula is C24H17Cl2F3N6O3. The number of amides is 1. The van der Waals surface area contributed by atoms with Crippen molar-refractivity contribution in [2.75, 3.05) is 29.1 Å². The molecule has 5 N–H and O–H groups in total. The van der Waals surface area contributed by atoms with Gasteiger partial charge in [0.25, 0.3) is 5.91 Å². The summed E-state index contributed by atoms with van der Waals surface area (Å²) in [4.78, 5) is 31.5. The Kier molecular flexibility index (Phi) is 6.55. The number of β-amino-alcohol motifs (C(OH)–C–C–N with tert-alkyl or cyclic N) is 1. The van der Waals surface area contributed by atoms with Crippen molar-refractivity contribution in [2.45, 2.75) is 6.10 Å². The van der Waals surface area contributed by atoms with Gasteiger partial charge in [-0.2, -0.15) is 0 Å². The van der Waals surface area contributed by atoms with E-state index in [2.05, 4.69) is 15.8 Å². The number of rotatable bonds is 5. The minimum atomic E-state index is -1.19. The van der Waals surface area contributed by atoms with E-state index < -0.39 is 52.1 Å². The van der Waals surface area contributed by atoms with Gasteiger partial charge in [0, 0.05) is 30.4 Å². The van der Waals surface area contributed by atoms with Crippen LogP contribution in [-0.4, -0.2) is 39.8 Å². The maximum atomic E-state index is 15.2. The Labute approximate surface area is 222 Å². The number of hydrazine groups is 1. The first-order chi connectivity index (χ1) is 18.0. The topological polar surface area (TPSA) is 126 Å². The average Bonchev–Trinajstić information content (AvgIpc) is 2.85. The Hall–Kier alpha value is -4.00. The quantitative estimate of drug-likeness (QED) is 0.273. The maximum absolute atomic E-state index is 15.2.